The highest BCUT2D eigenvalue weighted by molar-refractivity contribution is 7.89. The zero-order valence-corrected chi connectivity index (χ0v) is 19.6. The molecule has 6 nitrogen and oxygen atoms in total. The number of hydrogen-bond acceptors (Lipinski definition) is 4. The minimum Gasteiger partial charge on any atom is -0.304 e. The topological polar surface area (TPSA) is 71.7 Å². The third-order valence-electron chi connectivity index (χ3n) is 5.65. The van der Waals surface area contributed by atoms with E-state index in [0.717, 1.165) is 41.5 Å². The number of nitrogens with zero attached hydrogens (tertiary/aromatic N) is 3. The minimum atomic E-state index is -3.56. The first-order valence-corrected chi connectivity index (χ1v) is 12.9. The molecule has 8 heteroatoms. The fourth-order valence-electron chi connectivity index (χ4n) is 3.98. The number of amides is 1. The summed E-state index contributed by atoms with van der Waals surface area (Å²) in [6.45, 7) is 3.39. The number of aryl methyl sites for hydroxylation is 1. The molecular formula is C24H25N3O3S2. The Hall–Kier alpha value is -2.73. The molecule has 1 amide bonds. The highest BCUT2D eigenvalue weighted by Gasteiger charge is 2.25. The van der Waals surface area contributed by atoms with E-state index in [2.05, 4.69) is 10.9 Å². The zero-order chi connectivity index (χ0) is 22.7. The van der Waals surface area contributed by atoms with E-state index in [1.807, 2.05) is 29.7 Å². The standard InChI is InChI=1S/C24H25N3O3S2/c1-3-15-27-22-18(2)9-8-10-21(22)31-24(27)25-23(28)19-11-13-20(14-12-19)32(29,30)26-16-6-4-5-7-17-26/h1,8-14H,4-7,15-17H2,2H3. The lowest BCUT2D eigenvalue weighted by Gasteiger charge is -2.19. The van der Waals surface area contributed by atoms with Crippen LogP contribution in [0.2, 0.25) is 0 Å². The van der Waals surface area contributed by atoms with Crippen LogP contribution in [-0.2, 0) is 16.6 Å². The molecule has 32 heavy (non-hydrogen) atoms. The maximum atomic E-state index is 13.0. The van der Waals surface area contributed by atoms with E-state index in [0.29, 0.717) is 30.0 Å². The molecule has 166 valence electrons. The molecule has 1 saturated heterocycles. The fourth-order valence-corrected chi connectivity index (χ4v) is 6.61. The Morgan fingerprint density at radius 1 is 1.09 bits per heavy atom. The van der Waals surface area contributed by atoms with E-state index in [1.165, 1.54) is 35.6 Å². The normalized spacial score (nSPS) is 16.1. The Balaban J connectivity index is 1.65. The van der Waals surface area contributed by atoms with E-state index < -0.39 is 15.9 Å². The maximum absolute atomic E-state index is 13.0. The minimum absolute atomic E-state index is 0.204. The predicted octanol–water partition coefficient (Wildman–Crippen LogP) is 3.95. The van der Waals surface area contributed by atoms with Gasteiger partial charge in [-0.15, -0.1) is 6.42 Å². The van der Waals surface area contributed by atoms with Crippen LogP contribution in [-0.4, -0.2) is 36.3 Å². The average Bonchev–Trinajstić information content (AvgIpc) is 2.94. The third-order valence-corrected chi connectivity index (χ3v) is 8.61. The van der Waals surface area contributed by atoms with Gasteiger partial charge in [0.15, 0.2) is 4.80 Å². The number of terminal acetylenes is 1. The number of carbonyl (C=O) groups is 1. The molecule has 1 aliphatic rings. The predicted molar refractivity (Wildman–Crippen MR) is 127 cm³/mol. The largest absolute Gasteiger partial charge is 0.304 e. The first kappa shape index (κ1) is 22.5. The number of fused-ring (bicyclic) bond motifs is 1. The summed E-state index contributed by atoms with van der Waals surface area (Å²) in [7, 11) is -3.56. The Morgan fingerprint density at radius 2 is 1.78 bits per heavy atom. The van der Waals surface area contributed by atoms with Crippen molar-refractivity contribution in [3.8, 4) is 12.3 Å². The van der Waals surface area contributed by atoms with Crippen molar-refractivity contribution in [2.24, 2.45) is 4.99 Å². The van der Waals surface area contributed by atoms with Crippen LogP contribution >= 0.6 is 11.3 Å². The van der Waals surface area contributed by atoms with Crippen molar-refractivity contribution in [2.45, 2.75) is 44.0 Å². The molecule has 0 aliphatic carbocycles. The van der Waals surface area contributed by atoms with Crippen molar-refractivity contribution < 1.29 is 13.2 Å². The van der Waals surface area contributed by atoms with Crippen molar-refractivity contribution in [2.75, 3.05) is 13.1 Å². The summed E-state index contributed by atoms with van der Waals surface area (Å²) in [6, 6.07) is 12.0. The van der Waals surface area contributed by atoms with E-state index in [1.54, 1.807) is 4.31 Å². The van der Waals surface area contributed by atoms with Gasteiger partial charge in [0.25, 0.3) is 5.91 Å². The summed E-state index contributed by atoms with van der Waals surface area (Å²) < 4.78 is 30.3. The number of rotatable bonds is 4. The van der Waals surface area contributed by atoms with E-state index in [9.17, 15) is 13.2 Å². The lowest BCUT2D eigenvalue weighted by Crippen LogP contribution is -2.31. The first-order chi connectivity index (χ1) is 15.4. The molecule has 0 spiro atoms. The number of carbonyl (C=O) groups excluding carboxylic acids is 1. The summed E-state index contributed by atoms with van der Waals surface area (Å²) in [5.41, 5.74) is 2.37. The molecule has 0 radical (unpaired) electrons. The zero-order valence-electron chi connectivity index (χ0n) is 18.0. The van der Waals surface area contributed by atoms with Crippen LogP contribution in [0.25, 0.3) is 10.2 Å². The van der Waals surface area contributed by atoms with Gasteiger partial charge in [0.1, 0.15) is 0 Å². The highest BCUT2D eigenvalue weighted by atomic mass is 32.2. The monoisotopic (exact) mass is 467 g/mol. The second kappa shape index (κ2) is 9.41. The molecule has 2 aromatic carbocycles. The van der Waals surface area contributed by atoms with Crippen molar-refractivity contribution >= 4 is 37.5 Å². The second-order valence-corrected chi connectivity index (χ2v) is 10.8. The molecule has 1 aliphatic heterocycles. The first-order valence-electron chi connectivity index (χ1n) is 10.6. The van der Waals surface area contributed by atoms with E-state index in [4.69, 9.17) is 6.42 Å². The summed E-state index contributed by atoms with van der Waals surface area (Å²) in [4.78, 5) is 17.9. The van der Waals surface area contributed by atoms with Crippen molar-refractivity contribution in [1.29, 1.82) is 0 Å². The number of aromatic nitrogens is 1. The molecule has 4 rings (SSSR count). The molecular weight excluding hydrogens is 442 g/mol. The Morgan fingerprint density at radius 3 is 2.44 bits per heavy atom. The van der Waals surface area contributed by atoms with E-state index in [-0.39, 0.29) is 4.90 Å². The summed E-state index contributed by atoms with van der Waals surface area (Å²) in [5.74, 6) is 2.20. The summed E-state index contributed by atoms with van der Waals surface area (Å²) >= 11 is 1.41. The van der Waals surface area contributed by atoms with Gasteiger partial charge in [0.05, 0.1) is 21.7 Å². The van der Waals surface area contributed by atoms with Crippen LogP contribution in [0.1, 0.15) is 41.6 Å². The molecule has 1 aromatic heterocycles. The lowest BCUT2D eigenvalue weighted by molar-refractivity contribution is 0.0998. The van der Waals surface area contributed by atoms with Gasteiger partial charge in [-0.05, 0) is 55.7 Å². The number of sulfonamides is 1. The fraction of sp³-hybridized carbons (Fsp3) is 0.333. The van der Waals surface area contributed by atoms with Gasteiger partial charge in [0.2, 0.25) is 10.0 Å². The Labute approximate surface area is 192 Å². The molecule has 2 heterocycles. The van der Waals surface area contributed by atoms with E-state index >= 15 is 0 Å². The third kappa shape index (κ3) is 4.42. The molecule has 0 unspecified atom stereocenters. The summed E-state index contributed by atoms with van der Waals surface area (Å²) in [6.07, 6.45) is 9.41. The summed E-state index contributed by atoms with van der Waals surface area (Å²) in [5, 5.41) is 0. The average molecular weight is 468 g/mol. The van der Waals surface area contributed by atoms with Crippen LogP contribution < -0.4 is 4.80 Å². The molecule has 1 fully saturated rings. The smallest absolute Gasteiger partial charge is 0.279 e. The van der Waals surface area contributed by atoms with Crippen LogP contribution in [0.15, 0.2) is 52.4 Å². The highest BCUT2D eigenvalue weighted by Crippen LogP contribution is 2.22. The van der Waals surface area contributed by atoms with Crippen LogP contribution in [0.5, 0.6) is 0 Å². The molecule has 0 atom stereocenters. The van der Waals surface area contributed by atoms with Gasteiger partial charge in [-0.25, -0.2) is 8.42 Å². The molecule has 3 aromatic rings. The SMILES string of the molecule is C#CCn1c(=NC(=O)c2ccc(S(=O)(=O)N3CCCCCC3)cc2)sc2cccc(C)c21. The van der Waals surface area contributed by atoms with Crippen LogP contribution in [0.4, 0.5) is 0 Å². The van der Waals surface area contributed by atoms with Crippen molar-refractivity contribution in [3.05, 3.63) is 58.4 Å². The Kier molecular flexibility index (Phi) is 6.60. The number of hydrogen-bond donors (Lipinski definition) is 0. The van der Waals surface area contributed by atoms with Gasteiger partial charge >= 0.3 is 0 Å². The van der Waals surface area contributed by atoms with Crippen LogP contribution in [0.3, 0.4) is 0 Å². The van der Waals surface area contributed by atoms with Gasteiger partial charge in [-0.2, -0.15) is 9.30 Å². The maximum Gasteiger partial charge on any atom is 0.279 e. The second-order valence-electron chi connectivity index (χ2n) is 7.86. The van der Waals surface area contributed by atoms with Gasteiger partial charge in [0, 0.05) is 18.7 Å². The van der Waals surface area contributed by atoms with Crippen molar-refractivity contribution in [1.82, 2.24) is 8.87 Å². The molecule has 0 N–H and O–H groups in total. The van der Waals surface area contributed by atoms with Crippen LogP contribution in [0, 0.1) is 19.3 Å². The number of benzene rings is 2. The lowest BCUT2D eigenvalue weighted by atomic mass is 10.2. The molecule has 0 saturated carbocycles. The quantitative estimate of drug-likeness (QED) is 0.546. The number of thiazole rings is 1. The number of para-hydroxylation sites is 1. The van der Waals surface area contributed by atoms with Gasteiger partial charge in [-0.1, -0.05) is 42.2 Å². The molecule has 0 bridgehead atoms. The van der Waals surface area contributed by atoms with Gasteiger partial charge < -0.3 is 4.57 Å². The van der Waals surface area contributed by atoms with Gasteiger partial charge in [-0.3, -0.25) is 4.79 Å². The van der Waals surface area contributed by atoms with Crippen molar-refractivity contribution in [3.63, 3.8) is 0 Å². The Bertz CT molecular complexity index is 1350.